The minimum atomic E-state index is -0.976. The zero-order valence-corrected chi connectivity index (χ0v) is 11.7. The summed E-state index contributed by atoms with van der Waals surface area (Å²) in [7, 11) is 0. The van der Waals surface area contributed by atoms with E-state index in [-0.39, 0.29) is 5.69 Å². The van der Waals surface area contributed by atoms with Gasteiger partial charge in [0, 0.05) is 12.1 Å². The van der Waals surface area contributed by atoms with Gasteiger partial charge < -0.3 is 5.73 Å². The summed E-state index contributed by atoms with van der Waals surface area (Å²) in [4.78, 5) is 22.4. The van der Waals surface area contributed by atoms with Crippen molar-refractivity contribution in [2.75, 3.05) is 0 Å². The largest absolute Gasteiger partial charge is 0.369 e. The molecule has 0 heterocycles. The van der Waals surface area contributed by atoms with Crippen LogP contribution >= 0.6 is 0 Å². The monoisotopic (exact) mass is 284 g/mol. The highest BCUT2D eigenvalue weighted by Gasteiger charge is 2.38. The van der Waals surface area contributed by atoms with Crippen molar-refractivity contribution in [1.82, 2.24) is 0 Å². The molecule has 5 nitrogen and oxygen atoms in total. The molecule has 0 aliphatic rings. The molecule has 2 aromatic rings. The summed E-state index contributed by atoms with van der Waals surface area (Å²) >= 11 is 0. The number of non-ortho nitro benzene ring substituents is 1. The summed E-state index contributed by atoms with van der Waals surface area (Å²) in [5.41, 5.74) is 6.13. The number of benzene rings is 2. The normalized spacial score (nSPS) is 13.4. The van der Waals surface area contributed by atoms with E-state index in [4.69, 9.17) is 5.73 Å². The highest BCUT2D eigenvalue weighted by atomic mass is 16.6. The Kier molecular flexibility index (Phi) is 4.03. The van der Waals surface area contributed by atoms with Gasteiger partial charge in [-0.05, 0) is 17.5 Å². The summed E-state index contributed by atoms with van der Waals surface area (Å²) in [5, 5.41) is 10.7. The first kappa shape index (κ1) is 14.7. The summed E-state index contributed by atoms with van der Waals surface area (Å²) in [5.74, 6) is -0.468. The van der Waals surface area contributed by atoms with Gasteiger partial charge in [0.25, 0.3) is 5.69 Å². The smallest absolute Gasteiger partial charge is 0.269 e. The van der Waals surface area contributed by atoms with Crippen molar-refractivity contribution in [1.29, 1.82) is 0 Å². The SMILES string of the molecule is CC[C@@](C(N)=O)(c1ccccc1)c1ccc([N+](=O)[O-])cc1. The van der Waals surface area contributed by atoms with Crippen molar-refractivity contribution in [2.24, 2.45) is 5.73 Å². The molecule has 0 unspecified atom stereocenters. The molecule has 0 bridgehead atoms. The molecule has 0 saturated carbocycles. The quantitative estimate of drug-likeness (QED) is 0.676. The van der Waals surface area contributed by atoms with Crippen molar-refractivity contribution >= 4 is 11.6 Å². The van der Waals surface area contributed by atoms with Crippen molar-refractivity contribution < 1.29 is 9.72 Å². The Balaban J connectivity index is 2.60. The van der Waals surface area contributed by atoms with Crippen LogP contribution < -0.4 is 5.73 Å². The third kappa shape index (κ3) is 2.50. The molecule has 2 rings (SSSR count). The predicted molar refractivity (Wildman–Crippen MR) is 79.8 cm³/mol. The fourth-order valence-corrected chi connectivity index (χ4v) is 2.62. The number of amides is 1. The van der Waals surface area contributed by atoms with Gasteiger partial charge in [0.2, 0.25) is 5.91 Å². The van der Waals surface area contributed by atoms with Crippen LogP contribution in [0.4, 0.5) is 5.69 Å². The summed E-state index contributed by atoms with van der Waals surface area (Å²) in [6.45, 7) is 1.87. The van der Waals surface area contributed by atoms with E-state index in [1.54, 1.807) is 12.1 Å². The van der Waals surface area contributed by atoms with E-state index in [0.717, 1.165) is 5.56 Å². The molecule has 0 spiro atoms. The van der Waals surface area contributed by atoms with E-state index in [0.29, 0.717) is 12.0 Å². The number of nitrogens with zero attached hydrogens (tertiary/aromatic N) is 1. The van der Waals surface area contributed by atoms with Gasteiger partial charge in [-0.2, -0.15) is 0 Å². The van der Waals surface area contributed by atoms with Crippen LogP contribution in [-0.2, 0) is 10.2 Å². The van der Waals surface area contributed by atoms with Crippen molar-refractivity contribution in [2.45, 2.75) is 18.8 Å². The molecular formula is C16H16N2O3. The number of nitro groups is 1. The second-order valence-electron chi connectivity index (χ2n) is 4.79. The summed E-state index contributed by atoms with van der Waals surface area (Å²) in [6, 6.07) is 15.2. The summed E-state index contributed by atoms with van der Waals surface area (Å²) in [6.07, 6.45) is 0.476. The topological polar surface area (TPSA) is 86.2 Å². The molecule has 1 atom stereocenters. The standard InChI is InChI=1S/C16H16N2O3/c1-2-16(15(17)19,12-6-4-3-5-7-12)13-8-10-14(11-9-13)18(20)21/h3-11H,2H2,1H3,(H2,17,19)/t16-/m1/s1. The minimum Gasteiger partial charge on any atom is -0.369 e. The number of rotatable bonds is 5. The number of carbonyl (C=O) groups is 1. The Morgan fingerprint density at radius 2 is 1.62 bits per heavy atom. The molecule has 21 heavy (non-hydrogen) atoms. The highest BCUT2D eigenvalue weighted by Crippen LogP contribution is 2.36. The van der Waals surface area contributed by atoms with Crippen LogP contribution in [0.15, 0.2) is 54.6 Å². The molecule has 2 aromatic carbocycles. The van der Waals surface area contributed by atoms with Crippen LogP contribution in [0.2, 0.25) is 0 Å². The van der Waals surface area contributed by atoms with Crippen molar-refractivity contribution in [3.05, 3.63) is 75.8 Å². The van der Waals surface area contributed by atoms with Gasteiger partial charge in [-0.3, -0.25) is 14.9 Å². The zero-order valence-electron chi connectivity index (χ0n) is 11.7. The van der Waals surface area contributed by atoms with Crippen LogP contribution in [-0.4, -0.2) is 10.8 Å². The van der Waals surface area contributed by atoms with Crippen LogP contribution in [0.25, 0.3) is 0 Å². The molecular weight excluding hydrogens is 268 g/mol. The fourth-order valence-electron chi connectivity index (χ4n) is 2.62. The molecule has 1 amide bonds. The van der Waals surface area contributed by atoms with Crippen LogP contribution in [0.5, 0.6) is 0 Å². The Labute approximate surface area is 122 Å². The van der Waals surface area contributed by atoms with Crippen molar-refractivity contribution in [3.8, 4) is 0 Å². The summed E-state index contributed by atoms with van der Waals surface area (Å²) < 4.78 is 0. The maximum absolute atomic E-state index is 12.2. The van der Waals surface area contributed by atoms with E-state index >= 15 is 0 Å². The molecule has 0 aliphatic heterocycles. The number of nitrogens with two attached hydrogens (primary N) is 1. The maximum Gasteiger partial charge on any atom is 0.269 e. The first-order chi connectivity index (χ1) is 10.0. The zero-order chi connectivity index (χ0) is 15.5. The van der Waals surface area contributed by atoms with Gasteiger partial charge in [-0.1, -0.05) is 49.4 Å². The van der Waals surface area contributed by atoms with Crippen LogP contribution in [0.1, 0.15) is 24.5 Å². The van der Waals surface area contributed by atoms with Gasteiger partial charge in [0.05, 0.1) is 10.3 Å². The Morgan fingerprint density at radius 3 is 2.05 bits per heavy atom. The number of carbonyl (C=O) groups excluding carboxylic acids is 1. The number of hydrogen-bond donors (Lipinski definition) is 1. The molecule has 0 aliphatic carbocycles. The molecule has 0 fully saturated rings. The highest BCUT2D eigenvalue weighted by molar-refractivity contribution is 5.90. The molecule has 0 aromatic heterocycles. The first-order valence-corrected chi connectivity index (χ1v) is 6.62. The fraction of sp³-hybridized carbons (Fsp3) is 0.188. The van der Waals surface area contributed by atoms with Gasteiger partial charge in [0.15, 0.2) is 0 Å². The first-order valence-electron chi connectivity index (χ1n) is 6.62. The van der Waals surface area contributed by atoms with Crippen LogP contribution in [0, 0.1) is 10.1 Å². The van der Waals surface area contributed by atoms with E-state index in [1.807, 2.05) is 37.3 Å². The van der Waals surface area contributed by atoms with E-state index in [2.05, 4.69) is 0 Å². The van der Waals surface area contributed by atoms with E-state index in [9.17, 15) is 14.9 Å². The number of hydrogen-bond acceptors (Lipinski definition) is 3. The van der Waals surface area contributed by atoms with Gasteiger partial charge in [-0.15, -0.1) is 0 Å². The second kappa shape index (κ2) is 5.75. The Bertz CT molecular complexity index is 653. The lowest BCUT2D eigenvalue weighted by molar-refractivity contribution is -0.384. The average Bonchev–Trinajstić information content (AvgIpc) is 2.50. The van der Waals surface area contributed by atoms with Crippen molar-refractivity contribution in [3.63, 3.8) is 0 Å². The van der Waals surface area contributed by atoms with Gasteiger partial charge in [0.1, 0.15) is 0 Å². The van der Waals surface area contributed by atoms with E-state index in [1.165, 1.54) is 12.1 Å². The molecule has 2 N–H and O–H groups in total. The molecule has 0 saturated heterocycles. The lowest BCUT2D eigenvalue weighted by Crippen LogP contribution is -2.41. The third-order valence-electron chi connectivity index (χ3n) is 3.79. The number of primary amides is 1. The van der Waals surface area contributed by atoms with Gasteiger partial charge >= 0.3 is 0 Å². The van der Waals surface area contributed by atoms with Gasteiger partial charge in [-0.25, -0.2) is 0 Å². The maximum atomic E-state index is 12.2. The Hall–Kier alpha value is -2.69. The molecule has 0 radical (unpaired) electrons. The Morgan fingerprint density at radius 1 is 1.10 bits per heavy atom. The third-order valence-corrected chi connectivity index (χ3v) is 3.79. The minimum absolute atomic E-state index is 0.0127. The van der Waals surface area contributed by atoms with Crippen LogP contribution in [0.3, 0.4) is 0 Å². The number of nitro benzene ring substituents is 1. The molecule has 108 valence electrons. The average molecular weight is 284 g/mol. The lowest BCUT2D eigenvalue weighted by Gasteiger charge is -2.30. The second-order valence-corrected chi connectivity index (χ2v) is 4.79. The predicted octanol–water partition coefficient (Wildman–Crippen LogP) is 2.78. The lowest BCUT2D eigenvalue weighted by atomic mass is 9.72. The van der Waals surface area contributed by atoms with E-state index < -0.39 is 16.2 Å². The molecule has 5 heteroatoms.